The highest BCUT2D eigenvalue weighted by Gasteiger charge is 2.14. The molecule has 0 unspecified atom stereocenters. The van der Waals surface area contributed by atoms with Gasteiger partial charge in [-0.3, -0.25) is 9.78 Å². The second-order valence-electron chi connectivity index (χ2n) is 6.51. The van der Waals surface area contributed by atoms with Gasteiger partial charge in [0.1, 0.15) is 5.75 Å². The number of hydrogen-bond acceptors (Lipinski definition) is 5. The topological polar surface area (TPSA) is 74.7 Å². The Morgan fingerprint density at radius 2 is 1.93 bits per heavy atom. The van der Waals surface area contributed by atoms with Crippen LogP contribution in [0.5, 0.6) is 5.75 Å². The summed E-state index contributed by atoms with van der Waals surface area (Å²) in [6.45, 7) is 3.68. The molecule has 0 aliphatic carbocycles. The van der Waals surface area contributed by atoms with Crippen LogP contribution in [0.4, 0.5) is 5.69 Å². The molecule has 27 heavy (non-hydrogen) atoms. The van der Waals surface area contributed by atoms with E-state index >= 15 is 0 Å². The van der Waals surface area contributed by atoms with E-state index in [9.17, 15) is 9.90 Å². The standard InChI is InChI=1S/C21H21N3O3/c25-20-12-16-2-1-7-22-19(16)13-18(20)21(26)23-14-15-3-5-17(6-4-15)24-8-10-27-11-9-24/h1-7,12-13,25H,8-11,14H2,(H,23,26). The number of hydrogen-bond donors (Lipinski definition) is 2. The lowest BCUT2D eigenvalue weighted by Crippen LogP contribution is -2.36. The molecule has 1 amide bonds. The molecule has 0 radical (unpaired) electrons. The van der Waals surface area contributed by atoms with Crippen molar-refractivity contribution in [2.45, 2.75) is 6.54 Å². The van der Waals surface area contributed by atoms with Gasteiger partial charge in [0, 0.05) is 36.9 Å². The van der Waals surface area contributed by atoms with Gasteiger partial charge >= 0.3 is 0 Å². The lowest BCUT2D eigenvalue weighted by Gasteiger charge is -2.28. The largest absolute Gasteiger partial charge is 0.507 e. The summed E-state index contributed by atoms with van der Waals surface area (Å²) in [6, 6.07) is 15.0. The normalized spacial score (nSPS) is 14.3. The maximum atomic E-state index is 12.5. The molecular weight excluding hydrogens is 342 g/mol. The van der Waals surface area contributed by atoms with Crippen molar-refractivity contribution in [3.05, 3.63) is 65.9 Å². The fourth-order valence-electron chi connectivity index (χ4n) is 3.21. The molecule has 1 aliphatic heterocycles. The average molecular weight is 363 g/mol. The average Bonchev–Trinajstić information content (AvgIpc) is 2.72. The molecule has 1 fully saturated rings. The highest BCUT2D eigenvalue weighted by Crippen LogP contribution is 2.24. The van der Waals surface area contributed by atoms with Crippen LogP contribution in [0.2, 0.25) is 0 Å². The molecular formula is C21H21N3O3. The summed E-state index contributed by atoms with van der Waals surface area (Å²) in [5.74, 6) is -0.368. The Hall–Kier alpha value is -3.12. The summed E-state index contributed by atoms with van der Waals surface area (Å²) < 4.78 is 5.37. The van der Waals surface area contributed by atoms with Gasteiger partial charge in [0.15, 0.2) is 0 Å². The zero-order valence-electron chi connectivity index (χ0n) is 14.9. The van der Waals surface area contributed by atoms with Gasteiger partial charge in [0.05, 0.1) is 24.3 Å². The lowest BCUT2D eigenvalue weighted by atomic mass is 10.1. The molecule has 6 nitrogen and oxygen atoms in total. The number of carbonyl (C=O) groups is 1. The Labute approximate surface area is 157 Å². The molecule has 4 rings (SSSR count). The number of anilines is 1. The molecule has 0 atom stereocenters. The number of pyridine rings is 1. The van der Waals surface area contributed by atoms with Gasteiger partial charge < -0.3 is 20.1 Å². The third-order valence-electron chi connectivity index (χ3n) is 4.73. The number of rotatable bonds is 4. The Kier molecular flexibility index (Phi) is 4.89. The number of fused-ring (bicyclic) bond motifs is 1. The molecule has 2 heterocycles. The quantitative estimate of drug-likeness (QED) is 0.746. The minimum absolute atomic E-state index is 0.0457. The Morgan fingerprint density at radius 3 is 2.70 bits per heavy atom. The number of morpholine rings is 1. The van der Waals surface area contributed by atoms with Crippen LogP contribution in [0, 0.1) is 0 Å². The highest BCUT2D eigenvalue weighted by molar-refractivity contribution is 6.00. The van der Waals surface area contributed by atoms with Crippen molar-refractivity contribution in [3.8, 4) is 5.75 Å². The third kappa shape index (κ3) is 3.85. The smallest absolute Gasteiger partial charge is 0.255 e. The summed E-state index contributed by atoms with van der Waals surface area (Å²) in [4.78, 5) is 19.0. The zero-order chi connectivity index (χ0) is 18.6. The van der Waals surface area contributed by atoms with Gasteiger partial charge in [-0.2, -0.15) is 0 Å². The Bertz CT molecular complexity index is 951. The number of nitrogens with one attached hydrogen (secondary N) is 1. The number of phenols is 1. The second-order valence-corrected chi connectivity index (χ2v) is 6.51. The van der Waals surface area contributed by atoms with Crippen LogP contribution in [-0.2, 0) is 11.3 Å². The molecule has 2 aromatic carbocycles. The van der Waals surface area contributed by atoms with E-state index in [1.165, 1.54) is 0 Å². The molecule has 3 aromatic rings. The van der Waals surface area contributed by atoms with Gasteiger partial charge in [-0.05, 0) is 35.9 Å². The van der Waals surface area contributed by atoms with Crippen molar-refractivity contribution in [2.24, 2.45) is 0 Å². The summed E-state index contributed by atoms with van der Waals surface area (Å²) in [5.41, 5.74) is 3.06. The van der Waals surface area contributed by atoms with Gasteiger partial charge in [0.25, 0.3) is 5.91 Å². The second kappa shape index (κ2) is 7.63. The first kappa shape index (κ1) is 17.3. The van der Waals surface area contributed by atoms with E-state index in [1.54, 1.807) is 24.4 Å². The van der Waals surface area contributed by atoms with Crippen molar-refractivity contribution in [2.75, 3.05) is 31.2 Å². The summed E-state index contributed by atoms with van der Waals surface area (Å²) in [7, 11) is 0. The first-order valence-electron chi connectivity index (χ1n) is 8.98. The van der Waals surface area contributed by atoms with E-state index in [-0.39, 0.29) is 17.2 Å². The number of nitrogens with zero attached hydrogens (tertiary/aromatic N) is 2. The van der Waals surface area contributed by atoms with Crippen LogP contribution in [0.25, 0.3) is 10.9 Å². The number of aromatic nitrogens is 1. The first-order valence-corrected chi connectivity index (χ1v) is 8.98. The summed E-state index contributed by atoms with van der Waals surface area (Å²) >= 11 is 0. The molecule has 0 saturated carbocycles. The molecule has 1 aromatic heterocycles. The summed E-state index contributed by atoms with van der Waals surface area (Å²) in [5, 5.41) is 13.8. The number of ether oxygens (including phenoxy) is 1. The fraction of sp³-hybridized carbons (Fsp3) is 0.238. The van der Waals surface area contributed by atoms with E-state index < -0.39 is 0 Å². The maximum Gasteiger partial charge on any atom is 0.255 e. The maximum absolute atomic E-state index is 12.5. The predicted octanol–water partition coefficient (Wildman–Crippen LogP) is 2.71. The van der Waals surface area contributed by atoms with Gasteiger partial charge in [-0.25, -0.2) is 0 Å². The Balaban J connectivity index is 1.42. The van der Waals surface area contributed by atoms with E-state index in [0.717, 1.165) is 42.9 Å². The van der Waals surface area contributed by atoms with Crippen LogP contribution in [0.3, 0.4) is 0 Å². The molecule has 1 saturated heterocycles. The number of phenolic OH excluding ortho intramolecular Hbond substituents is 1. The van der Waals surface area contributed by atoms with Crippen LogP contribution in [-0.4, -0.2) is 42.3 Å². The molecule has 0 spiro atoms. The fourth-order valence-corrected chi connectivity index (χ4v) is 3.21. The van der Waals surface area contributed by atoms with Crippen molar-refractivity contribution in [3.63, 3.8) is 0 Å². The van der Waals surface area contributed by atoms with Crippen LogP contribution < -0.4 is 10.2 Å². The van der Waals surface area contributed by atoms with Crippen molar-refractivity contribution >= 4 is 22.5 Å². The van der Waals surface area contributed by atoms with Crippen molar-refractivity contribution < 1.29 is 14.6 Å². The van der Waals surface area contributed by atoms with Crippen LogP contribution in [0.1, 0.15) is 15.9 Å². The van der Waals surface area contributed by atoms with Gasteiger partial charge in [-0.15, -0.1) is 0 Å². The van der Waals surface area contributed by atoms with Gasteiger partial charge in [-0.1, -0.05) is 18.2 Å². The van der Waals surface area contributed by atoms with Crippen molar-refractivity contribution in [1.29, 1.82) is 0 Å². The van der Waals surface area contributed by atoms with Gasteiger partial charge in [0.2, 0.25) is 0 Å². The SMILES string of the molecule is O=C(NCc1ccc(N2CCOCC2)cc1)c1cc2ncccc2cc1O. The molecule has 2 N–H and O–H groups in total. The number of aromatic hydroxyl groups is 1. The first-order chi connectivity index (χ1) is 13.2. The highest BCUT2D eigenvalue weighted by atomic mass is 16.5. The van der Waals surface area contributed by atoms with E-state index in [1.807, 2.05) is 18.2 Å². The van der Waals surface area contributed by atoms with E-state index in [0.29, 0.717) is 12.1 Å². The lowest BCUT2D eigenvalue weighted by molar-refractivity contribution is 0.0948. The minimum atomic E-state index is -0.322. The minimum Gasteiger partial charge on any atom is -0.507 e. The Morgan fingerprint density at radius 1 is 1.15 bits per heavy atom. The van der Waals surface area contributed by atoms with Crippen LogP contribution in [0.15, 0.2) is 54.7 Å². The molecule has 1 aliphatic rings. The molecule has 138 valence electrons. The number of amides is 1. The zero-order valence-corrected chi connectivity index (χ0v) is 14.9. The summed E-state index contributed by atoms with van der Waals surface area (Å²) in [6.07, 6.45) is 1.66. The predicted molar refractivity (Wildman–Crippen MR) is 104 cm³/mol. The number of benzene rings is 2. The van der Waals surface area contributed by atoms with Crippen molar-refractivity contribution in [1.82, 2.24) is 10.3 Å². The molecule has 6 heteroatoms. The monoisotopic (exact) mass is 363 g/mol. The number of carbonyl (C=O) groups excluding carboxylic acids is 1. The molecule has 0 bridgehead atoms. The van der Waals surface area contributed by atoms with E-state index in [4.69, 9.17) is 4.74 Å². The van der Waals surface area contributed by atoms with E-state index in [2.05, 4.69) is 27.3 Å². The third-order valence-corrected chi connectivity index (χ3v) is 4.73. The van der Waals surface area contributed by atoms with Crippen LogP contribution >= 0.6 is 0 Å².